The van der Waals surface area contributed by atoms with Gasteiger partial charge in [-0.05, 0) is 29.7 Å². The number of benzene rings is 2. The van der Waals surface area contributed by atoms with E-state index in [1.165, 1.54) is 12.1 Å². The van der Waals surface area contributed by atoms with E-state index >= 15 is 0 Å². The van der Waals surface area contributed by atoms with Crippen LogP contribution in [0.15, 0.2) is 42.5 Å². The Morgan fingerprint density at radius 2 is 1.88 bits per heavy atom. The second-order valence-electron chi connectivity index (χ2n) is 6.09. The molecule has 0 radical (unpaired) electrons. The molecule has 0 aromatic heterocycles. The van der Waals surface area contributed by atoms with Gasteiger partial charge < -0.3 is 10.2 Å². The number of non-ortho nitro benzene ring substituents is 1. The lowest BCUT2D eigenvalue weighted by Crippen LogP contribution is -2.19. The van der Waals surface area contributed by atoms with Gasteiger partial charge in [0.1, 0.15) is 0 Å². The van der Waals surface area contributed by atoms with Crippen LogP contribution in [0.2, 0.25) is 0 Å². The van der Waals surface area contributed by atoms with Gasteiger partial charge in [0.2, 0.25) is 0 Å². The number of nitro benzene ring substituents is 1. The minimum absolute atomic E-state index is 0.110. The van der Waals surface area contributed by atoms with E-state index in [9.17, 15) is 14.9 Å². The van der Waals surface area contributed by atoms with Crippen molar-refractivity contribution in [2.75, 3.05) is 24.3 Å². The number of amides is 1. The zero-order valence-corrected chi connectivity index (χ0v) is 14.2. The van der Waals surface area contributed by atoms with Crippen molar-refractivity contribution in [3.63, 3.8) is 0 Å². The van der Waals surface area contributed by atoms with Gasteiger partial charge in [-0.3, -0.25) is 14.9 Å². The smallest absolute Gasteiger partial charge is 0.270 e. The maximum Gasteiger partial charge on any atom is 0.270 e. The zero-order valence-electron chi connectivity index (χ0n) is 14.2. The number of nitrogens with one attached hydrogen (secondary N) is 1. The Hall–Kier alpha value is -2.89. The first-order valence-corrected chi connectivity index (χ1v) is 7.66. The summed E-state index contributed by atoms with van der Waals surface area (Å²) in [6.45, 7) is 4.15. The van der Waals surface area contributed by atoms with E-state index in [2.05, 4.69) is 19.2 Å². The van der Waals surface area contributed by atoms with E-state index in [4.69, 9.17) is 0 Å². The number of rotatable bonds is 5. The predicted molar refractivity (Wildman–Crippen MR) is 95.9 cm³/mol. The number of hydrogen-bond donors (Lipinski definition) is 1. The van der Waals surface area contributed by atoms with E-state index in [1.807, 2.05) is 18.2 Å². The molecule has 0 aliphatic rings. The number of hydrogen-bond acceptors (Lipinski definition) is 4. The van der Waals surface area contributed by atoms with E-state index in [-0.39, 0.29) is 17.2 Å². The summed E-state index contributed by atoms with van der Waals surface area (Å²) in [5, 5.41) is 13.8. The molecule has 1 amide bonds. The maximum absolute atomic E-state index is 12.6. The quantitative estimate of drug-likeness (QED) is 0.664. The molecular formula is C18H21N3O3. The Kier molecular flexibility index (Phi) is 5.18. The summed E-state index contributed by atoms with van der Waals surface area (Å²) in [6.07, 6.45) is 0. The summed E-state index contributed by atoms with van der Waals surface area (Å²) in [6, 6.07) is 11.9. The Morgan fingerprint density at radius 1 is 1.17 bits per heavy atom. The fourth-order valence-electron chi connectivity index (χ4n) is 2.38. The number of carbonyl (C=O) groups is 1. The van der Waals surface area contributed by atoms with Crippen LogP contribution in [0, 0.1) is 10.1 Å². The first-order chi connectivity index (χ1) is 11.3. The van der Waals surface area contributed by atoms with Crippen LogP contribution < -0.4 is 10.2 Å². The highest BCUT2D eigenvalue weighted by Gasteiger charge is 2.18. The van der Waals surface area contributed by atoms with Crippen molar-refractivity contribution in [3.8, 4) is 0 Å². The fraction of sp³-hybridized carbons (Fsp3) is 0.278. The third-order valence-electron chi connectivity index (χ3n) is 3.73. The van der Waals surface area contributed by atoms with Gasteiger partial charge in [0.15, 0.2) is 0 Å². The standard InChI is InChI=1S/C18H21N3O3/c1-12(2)13-6-5-7-14(10-13)19-18(22)16-11-15(21(23)24)8-9-17(16)20(3)4/h5-12H,1-4H3,(H,19,22). The SMILES string of the molecule is CC(C)c1cccc(NC(=O)c2cc([N+](=O)[O-])ccc2N(C)C)c1. The Morgan fingerprint density at radius 3 is 2.46 bits per heavy atom. The van der Waals surface area contributed by atoms with Gasteiger partial charge in [-0.1, -0.05) is 26.0 Å². The molecule has 0 saturated carbocycles. The van der Waals surface area contributed by atoms with Gasteiger partial charge in [0.25, 0.3) is 11.6 Å². The van der Waals surface area contributed by atoms with Gasteiger partial charge in [-0.25, -0.2) is 0 Å². The van der Waals surface area contributed by atoms with Gasteiger partial charge >= 0.3 is 0 Å². The van der Waals surface area contributed by atoms with Crippen molar-refractivity contribution in [3.05, 3.63) is 63.7 Å². The second-order valence-corrected chi connectivity index (χ2v) is 6.09. The highest BCUT2D eigenvalue weighted by atomic mass is 16.6. The molecule has 0 aliphatic heterocycles. The van der Waals surface area contributed by atoms with Crippen LogP contribution >= 0.6 is 0 Å². The van der Waals surface area contributed by atoms with Crippen molar-refractivity contribution in [2.24, 2.45) is 0 Å². The minimum atomic E-state index is -0.504. The normalized spacial score (nSPS) is 10.5. The molecule has 2 aromatic carbocycles. The van der Waals surface area contributed by atoms with Crippen LogP contribution in [0.5, 0.6) is 0 Å². The van der Waals surface area contributed by atoms with Gasteiger partial charge in [0, 0.05) is 37.6 Å². The molecular weight excluding hydrogens is 306 g/mol. The molecule has 1 N–H and O–H groups in total. The lowest BCUT2D eigenvalue weighted by atomic mass is 10.0. The summed E-state index contributed by atoms with van der Waals surface area (Å²) < 4.78 is 0. The molecule has 0 saturated heterocycles. The highest BCUT2D eigenvalue weighted by Crippen LogP contribution is 2.26. The van der Waals surface area contributed by atoms with Crippen molar-refractivity contribution in [1.82, 2.24) is 0 Å². The topological polar surface area (TPSA) is 75.5 Å². The first-order valence-electron chi connectivity index (χ1n) is 7.66. The van der Waals surface area contributed by atoms with E-state index in [0.29, 0.717) is 17.3 Å². The highest BCUT2D eigenvalue weighted by molar-refractivity contribution is 6.08. The van der Waals surface area contributed by atoms with Crippen LogP contribution in [0.4, 0.5) is 17.1 Å². The van der Waals surface area contributed by atoms with Crippen LogP contribution in [0.25, 0.3) is 0 Å². The summed E-state index contributed by atoms with van der Waals surface area (Å²) >= 11 is 0. The van der Waals surface area contributed by atoms with Gasteiger partial charge in [-0.2, -0.15) is 0 Å². The monoisotopic (exact) mass is 327 g/mol. The average molecular weight is 327 g/mol. The third kappa shape index (κ3) is 3.90. The van der Waals surface area contributed by atoms with Crippen LogP contribution in [0.1, 0.15) is 35.7 Å². The molecule has 6 nitrogen and oxygen atoms in total. The lowest BCUT2D eigenvalue weighted by molar-refractivity contribution is -0.384. The molecule has 0 atom stereocenters. The molecule has 0 heterocycles. The van der Waals surface area contributed by atoms with Crippen LogP contribution in [-0.2, 0) is 0 Å². The Labute approximate surface area is 141 Å². The molecule has 2 rings (SSSR count). The number of anilines is 2. The van der Waals surface area contributed by atoms with Gasteiger partial charge in [-0.15, -0.1) is 0 Å². The van der Waals surface area contributed by atoms with Crippen molar-refractivity contribution in [1.29, 1.82) is 0 Å². The molecule has 0 unspecified atom stereocenters. The minimum Gasteiger partial charge on any atom is -0.377 e. The van der Waals surface area contributed by atoms with Crippen molar-refractivity contribution >= 4 is 23.0 Å². The zero-order chi connectivity index (χ0) is 17.9. The van der Waals surface area contributed by atoms with Gasteiger partial charge in [0.05, 0.1) is 10.5 Å². The van der Waals surface area contributed by atoms with Crippen LogP contribution in [0.3, 0.4) is 0 Å². The van der Waals surface area contributed by atoms with Crippen LogP contribution in [-0.4, -0.2) is 24.9 Å². The van der Waals surface area contributed by atoms with Crippen molar-refractivity contribution < 1.29 is 9.72 Å². The number of nitro groups is 1. The number of carbonyl (C=O) groups excluding carboxylic acids is 1. The number of nitrogens with zero attached hydrogens (tertiary/aromatic N) is 2. The Balaban J connectivity index is 2.36. The molecule has 126 valence electrons. The summed E-state index contributed by atoms with van der Waals surface area (Å²) in [7, 11) is 3.58. The van der Waals surface area contributed by atoms with E-state index in [1.54, 1.807) is 31.1 Å². The van der Waals surface area contributed by atoms with Crippen molar-refractivity contribution in [2.45, 2.75) is 19.8 Å². The van der Waals surface area contributed by atoms with E-state index in [0.717, 1.165) is 5.56 Å². The largest absolute Gasteiger partial charge is 0.377 e. The Bertz CT molecular complexity index is 770. The molecule has 24 heavy (non-hydrogen) atoms. The molecule has 0 aliphatic carbocycles. The molecule has 0 bridgehead atoms. The maximum atomic E-state index is 12.6. The average Bonchev–Trinajstić information content (AvgIpc) is 2.54. The lowest BCUT2D eigenvalue weighted by Gasteiger charge is -2.17. The molecule has 6 heteroatoms. The van der Waals surface area contributed by atoms with E-state index < -0.39 is 4.92 Å². The predicted octanol–water partition coefficient (Wildman–Crippen LogP) is 4.04. The third-order valence-corrected chi connectivity index (χ3v) is 3.73. The molecule has 0 spiro atoms. The summed E-state index contributed by atoms with van der Waals surface area (Å²) in [5.41, 5.74) is 2.56. The first kappa shape index (κ1) is 17.5. The molecule has 2 aromatic rings. The fourth-order valence-corrected chi connectivity index (χ4v) is 2.38. The summed E-state index contributed by atoms with van der Waals surface area (Å²) in [5.74, 6) is -0.0275. The summed E-state index contributed by atoms with van der Waals surface area (Å²) in [4.78, 5) is 24.9. The molecule has 0 fully saturated rings. The second kappa shape index (κ2) is 7.12.